The molecular formula is C12H18N2O4. The van der Waals surface area contributed by atoms with Crippen LogP contribution in [0, 0.1) is 5.92 Å². The summed E-state index contributed by atoms with van der Waals surface area (Å²) in [6, 6.07) is 1.83. The van der Waals surface area contributed by atoms with Crippen LogP contribution in [0.2, 0.25) is 0 Å². The fourth-order valence-corrected chi connectivity index (χ4v) is 2.26. The van der Waals surface area contributed by atoms with Crippen LogP contribution < -0.4 is 0 Å². The van der Waals surface area contributed by atoms with E-state index in [9.17, 15) is 4.79 Å². The number of hydrogen-bond acceptors (Lipinski definition) is 4. The van der Waals surface area contributed by atoms with E-state index in [0.29, 0.717) is 26.2 Å². The molecule has 100 valence electrons. The zero-order chi connectivity index (χ0) is 13.0. The molecule has 6 nitrogen and oxygen atoms in total. The molecule has 1 N–H and O–H groups in total. The summed E-state index contributed by atoms with van der Waals surface area (Å²) < 4.78 is 12.4. The minimum absolute atomic E-state index is 0.382. The van der Waals surface area contributed by atoms with Crippen molar-refractivity contribution in [2.24, 2.45) is 5.92 Å². The Bertz CT molecular complexity index is 405. The Hall–Kier alpha value is -1.40. The molecule has 0 spiro atoms. The first-order valence-corrected chi connectivity index (χ1v) is 6.09. The summed E-state index contributed by atoms with van der Waals surface area (Å²) in [6.07, 6.45) is 2.70. The largest absolute Gasteiger partial charge is 0.481 e. The highest BCUT2D eigenvalue weighted by Gasteiger charge is 2.36. The van der Waals surface area contributed by atoms with Crippen LogP contribution in [0.15, 0.2) is 12.3 Å². The van der Waals surface area contributed by atoms with E-state index >= 15 is 0 Å². The predicted octanol–water partition coefficient (Wildman–Crippen LogP) is 1.08. The Balaban J connectivity index is 2.08. The summed E-state index contributed by atoms with van der Waals surface area (Å²) in [6.45, 7) is 1.86. The van der Waals surface area contributed by atoms with Crippen molar-refractivity contribution in [1.82, 2.24) is 9.78 Å². The van der Waals surface area contributed by atoms with Crippen LogP contribution in [0.25, 0.3) is 0 Å². The van der Waals surface area contributed by atoms with Gasteiger partial charge in [0.2, 0.25) is 0 Å². The standard InChI is InChI=1S/C12H18N2O4/c1-17-7-2-6-14-10(3-5-13-14)11-9(12(15)16)4-8-18-11/h3,5,9,11H,2,4,6-8H2,1H3,(H,15,16). The third kappa shape index (κ3) is 2.70. The van der Waals surface area contributed by atoms with Crippen molar-refractivity contribution in [2.45, 2.75) is 25.5 Å². The highest BCUT2D eigenvalue weighted by Crippen LogP contribution is 2.34. The number of hydrogen-bond donors (Lipinski definition) is 1. The van der Waals surface area contributed by atoms with E-state index in [-0.39, 0.29) is 6.10 Å². The van der Waals surface area contributed by atoms with Gasteiger partial charge in [-0.3, -0.25) is 9.48 Å². The van der Waals surface area contributed by atoms with Gasteiger partial charge in [0.05, 0.1) is 11.6 Å². The van der Waals surface area contributed by atoms with Crippen molar-refractivity contribution in [2.75, 3.05) is 20.3 Å². The molecule has 2 rings (SSSR count). The van der Waals surface area contributed by atoms with Gasteiger partial charge < -0.3 is 14.6 Å². The first-order valence-electron chi connectivity index (χ1n) is 6.09. The quantitative estimate of drug-likeness (QED) is 0.769. The number of rotatable bonds is 6. The molecule has 0 amide bonds. The number of aromatic nitrogens is 2. The monoisotopic (exact) mass is 254 g/mol. The van der Waals surface area contributed by atoms with Gasteiger partial charge in [-0.15, -0.1) is 0 Å². The number of carbonyl (C=O) groups is 1. The molecular weight excluding hydrogens is 236 g/mol. The van der Waals surface area contributed by atoms with Gasteiger partial charge in [-0.1, -0.05) is 0 Å². The van der Waals surface area contributed by atoms with Crippen LogP contribution >= 0.6 is 0 Å². The third-order valence-corrected chi connectivity index (χ3v) is 3.17. The normalized spacial score (nSPS) is 23.4. The lowest BCUT2D eigenvalue weighted by molar-refractivity contribution is -0.143. The predicted molar refractivity (Wildman–Crippen MR) is 63.2 cm³/mol. The molecule has 0 radical (unpaired) electrons. The van der Waals surface area contributed by atoms with Gasteiger partial charge in [-0.25, -0.2) is 0 Å². The van der Waals surface area contributed by atoms with Crippen LogP contribution in [-0.4, -0.2) is 41.2 Å². The molecule has 1 aromatic heterocycles. The highest BCUT2D eigenvalue weighted by atomic mass is 16.5. The maximum Gasteiger partial charge on any atom is 0.309 e. The van der Waals surface area contributed by atoms with Crippen LogP contribution in [0.1, 0.15) is 24.6 Å². The molecule has 6 heteroatoms. The molecule has 2 heterocycles. The summed E-state index contributed by atoms with van der Waals surface area (Å²) in [7, 11) is 1.66. The summed E-state index contributed by atoms with van der Waals surface area (Å²) >= 11 is 0. The summed E-state index contributed by atoms with van der Waals surface area (Å²) in [5.41, 5.74) is 0.844. The number of aliphatic carboxylic acids is 1. The lowest BCUT2D eigenvalue weighted by Crippen LogP contribution is -2.20. The zero-order valence-electron chi connectivity index (χ0n) is 10.4. The minimum atomic E-state index is -0.804. The molecule has 2 atom stereocenters. The number of carboxylic acids is 1. The summed E-state index contributed by atoms with van der Waals surface area (Å²) in [4.78, 5) is 11.1. The van der Waals surface area contributed by atoms with Crippen LogP contribution in [0.5, 0.6) is 0 Å². The van der Waals surface area contributed by atoms with Gasteiger partial charge in [0.25, 0.3) is 0 Å². The lowest BCUT2D eigenvalue weighted by Gasteiger charge is -2.16. The van der Waals surface area contributed by atoms with E-state index in [1.54, 1.807) is 13.3 Å². The van der Waals surface area contributed by atoms with E-state index in [1.165, 1.54) is 0 Å². The van der Waals surface area contributed by atoms with Gasteiger partial charge in [-0.05, 0) is 18.9 Å². The van der Waals surface area contributed by atoms with E-state index in [4.69, 9.17) is 14.6 Å². The third-order valence-electron chi connectivity index (χ3n) is 3.17. The molecule has 0 bridgehead atoms. The number of aryl methyl sites for hydroxylation is 1. The van der Waals surface area contributed by atoms with Crippen LogP contribution in [0.3, 0.4) is 0 Å². The van der Waals surface area contributed by atoms with Gasteiger partial charge in [-0.2, -0.15) is 5.10 Å². The van der Waals surface area contributed by atoms with E-state index in [2.05, 4.69) is 5.10 Å². The van der Waals surface area contributed by atoms with Crippen LogP contribution in [-0.2, 0) is 20.8 Å². The molecule has 1 fully saturated rings. The second kappa shape index (κ2) is 5.97. The van der Waals surface area contributed by atoms with Crippen molar-refractivity contribution in [3.63, 3.8) is 0 Å². The molecule has 1 aromatic rings. The lowest BCUT2D eigenvalue weighted by atomic mass is 9.99. The minimum Gasteiger partial charge on any atom is -0.481 e. The average molecular weight is 254 g/mol. The number of ether oxygens (including phenoxy) is 2. The Kier molecular flexibility index (Phi) is 4.33. The highest BCUT2D eigenvalue weighted by molar-refractivity contribution is 5.71. The van der Waals surface area contributed by atoms with Crippen molar-refractivity contribution < 1.29 is 19.4 Å². The van der Waals surface area contributed by atoms with Crippen LogP contribution in [0.4, 0.5) is 0 Å². The Morgan fingerprint density at radius 3 is 3.28 bits per heavy atom. The molecule has 1 aliphatic rings. The number of nitrogens with zero attached hydrogens (tertiary/aromatic N) is 2. The maximum absolute atomic E-state index is 11.1. The van der Waals surface area contributed by atoms with Crippen molar-refractivity contribution in [3.05, 3.63) is 18.0 Å². The first-order chi connectivity index (χ1) is 8.74. The molecule has 2 unspecified atom stereocenters. The molecule has 1 saturated heterocycles. The van der Waals surface area contributed by atoms with E-state index in [0.717, 1.165) is 12.1 Å². The van der Waals surface area contributed by atoms with E-state index < -0.39 is 11.9 Å². The zero-order valence-corrected chi connectivity index (χ0v) is 10.4. The van der Waals surface area contributed by atoms with Crippen molar-refractivity contribution in [3.8, 4) is 0 Å². The number of methoxy groups -OCH3 is 1. The maximum atomic E-state index is 11.1. The molecule has 0 aromatic carbocycles. The molecule has 0 saturated carbocycles. The molecule has 18 heavy (non-hydrogen) atoms. The topological polar surface area (TPSA) is 73.6 Å². The average Bonchev–Trinajstić information content (AvgIpc) is 2.96. The summed E-state index contributed by atoms with van der Waals surface area (Å²) in [5, 5.41) is 13.4. The second-order valence-corrected chi connectivity index (χ2v) is 4.35. The van der Waals surface area contributed by atoms with Gasteiger partial charge in [0.1, 0.15) is 6.10 Å². The first kappa shape index (κ1) is 13.0. The van der Waals surface area contributed by atoms with Gasteiger partial charge >= 0.3 is 5.97 Å². The number of carboxylic acid groups (broad SMARTS) is 1. The molecule has 0 aliphatic carbocycles. The fourth-order valence-electron chi connectivity index (χ4n) is 2.26. The molecule has 1 aliphatic heterocycles. The Morgan fingerprint density at radius 1 is 1.72 bits per heavy atom. The van der Waals surface area contributed by atoms with Crippen molar-refractivity contribution >= 4 is 5.97 Å². The van der Waals surface area contributed by atoms with Gasteiger partial charge in [0, 0.05) is 33.1 Å². The smallest absolute Gasteiger partial charge is 0.309 e. The van der Waals surface area contributed by atoms with Gasteiger partial charge in [0.15, 0.2) is 0 Å². The fraction of sp³-hybridized carbons (Fsp3) is 0.667. The SMILES string of the molecule is COCCCn1nccc1C1OCCC1C(=O)O. The Labute approximate surface area is 106 Å². The van der Waals surface area contributed by atoms with E-state index in [1.807, 2.05) is 10.7 Å². The summed E-state index contributed by atoms with van der Waals surface area (Å²) in [5.74, 6) is -1.27. The Morgan fingerprint density at radius 2 is 2.56 bits per heavy atom. The second-order valence-electron chi connectivity index (χ2n) is 4.35. The van der Waals surface area contributed by atoms with Crippen molar-refractivity contribution in [1.29, 1.82) is 0 Å².